The van der Waals surface area contributed by atoms with Crippen LogP contribution in [0.15, 0.2) is 24.3 Å². The molecule has 98 valence electrons. The van der Waals surface area contributed by atoms with Crippen LogP contribution in [0, 0.1) is 9.49 Å². The third-order valence-corrected chi connectivity index (χ3v) is 4.58. The van der Waals surface area contributed by atoms with E-state index in [0.717, 1.165) is 22.0 Å². The molecule has 2 nitrogen and oxygen atoms in total. The first kappa shape index (κ1) is 13.8. The zero-order valence-electron chi connectivity index (χ0n) is 10.8. The number of halogens is 1. The largest absolute Gasteiger partial charge is 0.349 e. The Hall–Kier alpha value is -0.580. The van der Waals surface area contributed by atoms with Crippen LogP contribution >= 0.6 is 22.6 Å². The highest BCUT2D eigenvalue weighted by Gasteiger charge is 2.25. The van der Waals surface area contributed by atoms with Gasteiger partial charge < -0.3 is 5.32 Å². The van der Waals surface area contributed by atoms with E-state index in [2.05, 4.69) is 34.8 Å². The normalized spacial score (nSPS) is 23.7. The minimum Gasteiger partial charge on any atom is -0.349 e. The predicted molar refractivity (Wildman–Crippen MR) is 82.7 cm³/mol. The number of carbonyl (C=O) groups is 1. The number of benzene rings is 1. The molecule has 2 atom stereocenters. The maximum atomic E-state index is 12.2. The molecule has 2 rings (SSSR count). The van der Waals surface area contributed by atoms with Gasteiger partial charge in [-0.1, -0.05) is 26.2 Å². The molecule has 0 aliphatic heterocycles. The SMILES string of the molecule is CCC1CCCCC1NC(=O)c1ccc(I)cc1. The van der Waals surface area contributed by atoms with E-state index in [1.165, 1.54) is 19.3 Å². The summed E-state index contributed by atoms with van der Waals surface area (Å²) in [6.07, 6.45) is 6.11. The van der Waals surface area contributed by atoms with Gasteiger partial charge >= 0.3 is 0 Å². The minimum absolute atomic E-state index is 0.0803. The second-order valence-corrected chi connectivity index (χ2v) is 6.29. The molecule has 0 radical (unpaired) electrons. The lowest BCUT2D eigenvalue weighted by Gasteiger charge is -2.31. The Morgan fingerprint density at radius 3 is 2.61 bits per heavy atom. The summed E-state index contributed by atoms with van der Waals surface area (Å²) in [5.74, 6) is 0.739. The summed E-state index contributed by atoms with van der Waals surface area (Å²) >= 11 is 2.25. The van der Waals surface area contributed by atoms with Crippen molar-refractivity contribution in [1.82, 2.24) is 5.32 Å². The van der Waals surface area contributed by atoms with Crippen molar-refractivity contribution < 1.29 is 4.79 Å². The molecule has 0 bridgehead atoms. The third-order valence-electron chi connectivity index (χ3n) is 3.86. The molecule has 1 aromatic rings. The molecule has 1 aliphatic rings. The maximum absolute atomic E-state index is 12.2. The van der Waals surface area contributed by atoms with Gasteiger partial charge in [0.1, 0.15) is 0 Å². The number of carbonyl (C=O) groups excluding carboxylic acids is 1. The van der Waals surface area contributed by atoms with Crippen LogP contribution in [0.5, 0.6) is 0 Å². The standard InChI is InChI=1S/C15H20INO/c1-2-11-5-3-4-6-14(11)17-15(18)12-7-9-13(16)10-8-12/h7-11,14H,2-6H2,1H3,(H,17,18). The molecule has 3 heteroatoms. The Bertz CT molecular complexity index is 401. The quantitative estimate of drug-likeness (QED) is 0.815. The zero-order chi connectivity index (χ0) is 13.0. The van der Waals surface area contributed by atoms with E-state index in [1.54, 1.807) is 0 Å². The average Bonchev–Trinajstić information content (AvgIpc) is 2.40. The molecule has 1 amide bonds. The Kier molecular flexibility index (Phi) is 5.03. The van der Waals surface area contributed by atoms with Crippen molar-refractivity contribution >= 4 is 28.5 Å². The summed E-state index contributed by atoms with van der Waals surface area (Å²) in [5, 5.41) is 3.21. The molecule has 0 saturated heterocycles. The van der Waals surface area contributed by atoms with Crippen LogP contribution in [-0.4, -0.2) is 11.9 Å². The molecule has 1 aliphatic carbocycles. The highest BCUT2D eigenvalue weighted by Crippen LogP contribution is 2.27. The van der Waals surface area contributed by atoms with Crippen LogP contribution in [0.2, 0.25) is 0 Å². The smallest absolute Gasteiger partial charge is 0.251 e. The molecule has 0 spiro atoms. The van der Waals surface area contributed by atoms with Crippen molar-refractivity contribution in [3.8, 4) is 0 Å². The van der Waals surface area contributed by atoms with Crippen LogP contribution < -0.4 is 5.32 Å². The zero-order valence-corrected chi connectivity index (χ0v) is 12.9. The Labute approximate surface area is 123 Å². The van der Waals surface area contributed by atoms with Gasteiger partial charge in [0.05, 0.1) is 0 Å². The predicted octanol–water partition coefficient (Wildman–Crippen LogP) is 3.99. The van der Waals surface area contributed by atoms with Crippen molar-refractivity contribution in [3.63, 3.8) is 0 Å². The molecule has 2 unspecified atom stereocenters. The average molecular weight is 357 g/mol. The summed E-state index contributed by atoms with van der Waals surface area (Å²) < 4.78 is 1.16. The van der Waals surface area contributed by atoms with Gasteiger partial charge in [-0.05, 0) is 65.6 Å². The molecule has 0 heterocycles. The topological polar surface area (TPSA) is 29.1 Å². The lowest BCUT2D eigenvalue weighted by Crippen LogP contribution is -2.41. The van der Waals surface area contributed by atoms with E-state index in [1.807, 2.05) is 24.3 Å². The highest BCUT2D eigenvalue weighted by atomic mass is 127. The van der Waals surface area contributed by atoms with Crippen LogP contribution in [-0.2, 0) is 0 Å². The first-order chi connectivity index (χ1) is 8.70. The molecular weight excluding hydrogens is 337 g/mol. The number of amides is 1. The van der Waals surface area contributed by atoms with Crippen LogP contribution in [0.25, 0.3) is 0 Å². The van der Waals surface area contributed by atoms with Gasteiger partial charge in [-0.25, -0.2) is 0 Å². The van der Waals surface area contributed by atoms with Crippen LogP contribution in [0.3, 0.4) is 0 Å². The van der Waals surface area contributed by atoms with E-state index in [9.17, 15) is 4.79 Å². The molecule has 0 aromatic heterocycles. The van der Waals surface area contributed by atoms with Gasteiger partial charge in [0.15, 0.2) is 0 Å². The Morgan fingerprint density at radius 2 is 1.94 bits per heavy atom. The van der Waals surface area contributed by atoms with Crippen molar-refractivity contribution in [1.29, 1.82) is 0 Å². The van der Waals surface area contributed by atoms with Gasteiger partial charge in [0, 0.05) is 15.2 Å². The Morgan fingerprint density at radius 1 is 1.28 bits per heavy atom. The third kappa shape index (κ3) is 3.46. The summed E-state index contributed by atoms with van der Waals surface area (Å²) in [5.41, 5.74) is 0.774. The van der Waals surface area contributed by atoms with Gasteiger partial charge in [0.2, 0.25) is 0 Å². The van der Waals surface area contributed by atoms with E-state index < -0.39 is 0 Å². The molecule has 1 saturated carbocycles. The summed E-state index contributed by atoms with van der Waals surface area (Å²) in [4.78, 5) is 12.2. The highest BCUT2D eigenvalue weighted by molar-refractivity contribution is 14.1. The monoisotopic (exact) mass is 357 g/mol. The van der Waals surface area contributed by atoms with E-state index >= 15 is 0 Å². The number of nitrogens with one attached hydrogen (secondary N) is 1. The van der Waals surface area contributed by atoms with E-state index in [-0.39, 0.29) is 5.91 Å². The molecule has 1 aromatic carbocycles. The van der Waals surface area contributed by atoms with Gasteiger partial charge in [-0.3, -0.25) is 4.79 Å². The van der Waals surface area contributed by atoms with E-state index in [4.69, 9.17) is 0 Å². The van der Waals surface area contributed by atoms with Crippen molar-refractivity contribution in [2.24, 2.45) is 5.92 Å². The lowest BCUT2D eigenvalue weighted by molar-refractivity contribution is 0.0904. The number of rotatable bonds is 3. The molecular formula is C15H20INO. The fourth-order valence-corrected chi connectivity index (χ4v) is 3.10. The maximum Gasteiger partial charge on any atom is 0.251 e. The molecule has 1 fully saturated rings. The Balaban J connectivity index is 1.99. The second-order valence-electron chi connectivity index (χ2n) is 5.04. The van der Waals surface area contributed by atoms with Crippen molar-refractivity contribution in [3.05, 3.63) is 33.4 Å². The molecule has 18 heavy (non-hydrogen) atoms. The summed E-state index contributed by atoms with van der Waals surface area (Å²) in [6, 6.07) is 8.14. The lowest BCUT2D eigenvalue weighted by atomic mass is 9.83. The van der Waals surface area contributed by atoms with E-state index in [0.29, 0.717) is 12.0 Å². The van der Waals surface area contributed by atoms with Crippen molar-refractivity contribution in [2.45, 2.75) is 45.1 Å². The fourth-order valence-electron chi connectivity index (χ4n) is 2.74. The summed E-state index contributed by atoms with van der Waals surface area (Å²) in [6.45, 7) is 2.22. The first-order valence-corrected chi connectivity index (χ1v) is 7.85. The van der Waals surface area contributed by atoms with Gasteiger partial charge in [-0.2, -0.15) is 0 Å². The first-order valence-electron chi connectivity index (χ1n) is 6.77. The summed E-state index contributed by atoms with van der Waals surface area (Å²) in [7, 11) is 0. The minimum atomic E-state index is 0.0803. The van der Waals surface area contributed by atoms with Crippen LogP contribution in [0.1, 0.15) is 49.4 Å². The number of hydrogen-bond acceptors (Lipinski definition) is 1. The van der Waals surface area contributed by atoms with Crippen LogP contribution in [0.4, 0.5) is 0 Å². The number of hydrogen-bond donors (Lipinski definition) is 1. The second kappa shape index (κ2) is 6.55. The molecule has 1 N–H and O–H groups in total. The van der Waals surface area contributed by atoms with Gasteiger partial charge in [-0.15, -0.1) is 0 Å². The fraction of sp³-hybridized carbons (Fsp3) is 0.533. The van der Waals surface area contributed by atoms with Gasteiger partial charge in [0.25, 0.3) is 5.91 Å². The van der Waals surface area contributed by atoms with Crippen molar-refractivity contribution in [2.75, 3.05) is 0 Å².